The molecule has 2 aromatic rings. The predicted octanol–water partition coefficient (Wildman–Crippen LogP) is 3.77. The highest BCUT2D eigenvalue weighted by molar-refractivity contribution is 5.75. The van der Waals surface area contributed by atoms with Crippen molar-refractivity contribution in [2.75, 3.05) is 18.5 Å². The predicted molar refractivity (Wildman–Crippen MR) is 89.6 cm³/mol. The van der Waals surface area contributed by atoms with Crippen LogP contribution in [0.5, 0.6) is 11.5 Å². The molecule has 148 valence electrons. The van der Waals surface area contributed by atoms with Crippen molar-refractivity contribution in [3.63, 3.8) is 0 Å². The molecule has 0 fully saturated rings. The quantitative estimate of drug-likeness (QED) is 0.601. The van der Waals surface area contributed by atoms with Crippen LogP contribution in [0.3, 0.4) is 0 Å². The maximum atomic E-state index is 12.9. The summed E-state index contributed by atoms with van der Waals surface area (Å²) < 4.78 is 49.9. The molecule has 0 saturated heterocycles. The standard InChI is InChI=1S/C16H12F3N3O6/c17-16(18,19)9-5-11(21(23)24)15(12(6-9)22(25)26)20-7-10-8-27-13-3-1-2-4-14(13)28-10/h1-6,10,20H,7-8H2. The first-order valence-electron chi connectivity index (χ1n) is 7.83. The van der Waals surface area contributed by atoms with Gasteiger partial charge in [0.1, 0.15) is 12.7 Å². The topological polar surface area (TPSA) is 117 Å². The van der Waals surface area contributed by atoms with Crippen molar-refractivity contribution in [1.29, 1.82) is 0 Å². The molecule has 12 heteroatoms. The van der Waals surface area contributed by atoms with Crippen LogP contribution in [0, 0.1) is 20.2 Å². The van der Waals surface area contributed by atoms with Crippen molar-refractivity contribution in [2.24, 2.45) is 0 Å². The van der Waals surface area contributed by atoms with Gasteiger partial charge in [0, 0.05) is 12.1 Å². The number of halogens is 3. The highest BCUT2D eigenvalue weighted by Gasteiger charge is 2.38. The molecular weight excluding hydrogens is 387 g/mol. The number of ether oxygens (including phenoxy) is 2. The largest absolute Gasteiger partial charge is 0.486 e. The summed E-state index contributed by atoms with van der Waals surface area (Å²) in [5.74, 6) is 0.905. The van der Waals surface area contributed by atoms with Gasteiger partial charge in [-0.25, -0.2) is 0 Å². The highest BCUT2D eigenvalue weighted by atomic mass is 19.4. The van der Waals surface area contributed by atoms with E-state index in [0.717, 1.165) is 0 Å². The van der Waals surface area contributed by atoms with E-state index in [1.807, 2.05) is 0 Å². The number of hydrogen-bond acceptors (Lipinski definition) is 7. The number of fused-ring (bicyclic) bond motifs is 1. The van der Waals surface area contributed by atoms with Gasteiger partial charge in [-0.05, 0) is 12.1 Å². The average molecular weight is 399 g/mol. The van der Waals surface area contributed by atoms with Crippen molar-refractivity contribution in [3.8, 4) is 11.5 Å². The lowest BCUT2D eigenvalue weighted by Gasteiger charge is -2.26. The minimum Gasteiger partial charge on any atom is -0.486 e. The van der Waals surface area contributed by atoms with Gasteiger partial charge < -0.3 is 14.8 Å². The molecule has 0 aliphatic carbocycles. The lowest BCUT2D eigenvalue weighted by molar-refractivity contribution is -0.392. The molecule has 0 aromatic heterocycles. The third-order valence-corrected chi connectivity index (χ3v) is 3.89. The van der Waals surface area contributed by atoms with Gasteiger partial charge in [0.15, 0.2) is 17.2 Å². The van der Waals surface area contributed by atoms with Gasteiger partial charge in [-0.1, -0.05) is 12.1 Å². The Hall–Kier alpha value is -3.57. The van der Waals surface area contributed by atoms with Gasteiger partial charge in [-0.15, -0.1) is 0 Å². The smallest absolute Gasteiger partial charge is 0.416 e. The van der Waals surface area contributed by atoms with Crippen LogP contribution >= 0.6 is 0 Å². The van der Waals surface area contributed by atoms with E-state index < -0.39 is 44.8 Å². The summed E-state index contributed by atoms with van der Waals surface area (Å²) in [6.45, 7) is -0.117. The van der Waals surface area contributed by atoms with Crippen LogP contribution in [0.2, 0.25) is 0 Å². The number of nitrogens with one attached hydrogen (secondary N) is 1. The maximum Gasteiger partial charge on any atom is 0.416 e. The van der Waals surface area contributed by atoms with Crippen molar-refractivity contribution < 1.29 is 32.5 Å². The summed E-state index contributed by atoms with van der Waals surface area (Å²) in [5.41, 5.74) is -4.23. The third kappa shape index (κ3) is 3.89. The fourth-order valence-electron chi connectivity index (χ4n) is 2.62. The van der Waals surface area contributed by atoms with E-state index >= 15 is 0 Å². The molecule has 1 atom stereocenters. The molecule has 1 aliphatic heterocycles. The fraction of sp³-hybridized carbons (Fsp3) is 0.250. The molecule has 0 amide bonds. The van der Waals surface area contributed by atoms with Crippen molar-refractivity contribution in [2.45, 2.75) is 12.3 Å². The van der Waals surface area contributed by atoms with E-state index in [9.17, 15) is 33.4 Å². The lowest BCUT2D eigenvalue weighted by Crippen LogP contribution is -2.35. The second-order valence-electron chi connectivity index (χ2n) is 5.78. The van der Waals surface area contributed by atoms with Crippen LogP contribution in [-0.2, 0) is 6.18 Å². The highest BCUT2D eigenvalue weighted by Crippen LogP contribution is 2.41. The number of nitrogens with zero attached hydrogens (tertiary/aromatic N) is 2. The summed E-state index contributed by atoms with van der Waals surface area (Å²) >= 11 is 0. The summed E-state index contributed by atoms with van der Waals surface area (Å²) in [6, 6.07) is 7.24. The zero-order valence-electron chi connectivity index (χ0n) is 13.9. The summed E-state index contributed by atoms with van der Waals surface area (Å²) in [5, 5.41) is 24.9. The van der Waals surface area contributed by atoms with E-state index in [1.54, 1.807) is 24.3 Å². The number of benzene rings is 2. The first-order chi connectivity index (χ1) is 13.2. The van der Waals surface area contributed by atoms with Crippen LogP contribution in [0.15, 0.2) is 36.4 Å². The Morgan fingerprint density at radius 2 is 1.64 bits per heavy atom. The molecule has 1 aliphatic rings. The number of nitro groups is 2. The molecule has 9 nitrogen and oxygen atoms in total. The number of nitro benzene ring substituents is 2. The molecule has 0 spiro atoms. The van der Waals surface area contributed by atoms with Crippen LogP contribution in [0.4, 0.5) is 30.2 Å². The molecule has 3 rings (SSSR count). The second kappa shape index (κ2) is 7.21. The van der Waals surface area contributed by atoms with E-state index in [0.29, 0.717) is 11.5 Å². The van der Waals surface area contributed by atoms with E-state index in [2.05, 4.69) is 5.32 Å². The second-order valence-corrected chi connectivity index (χ2v) is 5.78. The van der Waals surface area contributed by atoms with Crippen molar-refractivity contribution in [1.82, 2.24) is 0 Å². The van der Waals surface area contributed by atoms with Gasteiger partial charge in [0.05, 0.1) is 22.0 Å². The molecular formula is C16H12F3N3O6. The summed E-state index contributed by atoms with van der Waals surface area (Å²) in [6.07, 6.45) is -5.64. The van der Waals surface area contributed by atoms with Crippen LogP contribution in [-0.4, -0.2) is 29.1 Å². The van der Waals surface area contributed by atoms with Crippen LogP contribution in [0.1, 0.15) is 5.56 Å². The first kappa shape index (κ1) is 19.2. The third-order valence-electron chi connectivity index (χ3n) is 3.89. The zero-order valence-corrected chi connectivity index (χ0v) is 13.9. The van der Waals surface area contributed by atoms with E-state index in [4.69, 9.17) is 9.47 Å². The van der Waals surface area contributed by atoms with Crippen molar-refractivity contribution in [3.05, 3.63) is 62.2 Å². The minimum absolute atomic E-state index is 0.0479. The Balaban J connectivity index is 1.89. The molecule has 28 heavy (non-hydrogen) atoms. The number of hydrogen-bond donors (Lipinski definition) is 1. The van der Waals surface area contributed by atoms with E-state index in [1.165, 1.54) is 0 Å². The molecule has 0 saturated carbocycles. The van der Waals surface area contributed by atoms with Crippen LogP contribution < -0.4 is 14.8 Å². The molecule has 0 bridgehead atoms. The summed E-state index contributed by atoms with van der Waals surface area (Å²) in [7, 11) is 0. The molecule has 1 heterocycles. The van der Waals surface area contributed by atoms with Gasteiger partial charge in [-0.3, -0.25) is 20.2 Å². The van der Waals surface area contributed by atoms with Gasteiger partial charge >= 0.3 is 6.18 Å². The number of alkyl halides is 3. The Kier molecular flexibility index (Phi) is 4.94. The minimum atomic E-state index is -4.97. The fourth-order valence-corrected chi connectivity index (χ4v) is 2.62. The number of rotatable bonds is 5. The molecule has 1 N–H and O–H groups in total. The summed E-state index contributed by atoms with van der Waals surface area (Å²) in [4.78, 5) is 20.2. The number of anilines is 1. The van der Waals surface area contributed by atoms with Crippen LogP contribution in [0.25, 0.3) is 0 Å². The average Bonchev–Trinajstić information content (AvgIpc) is 2.64. The Morgan fingerprint density at radius 1 is 1.07 bits per heavy atom. The Morgan fingerprint density at radius 3 is 2.18 bits per heavy atom. The Bertz CT molecular complexity index is 899. The molecule has 2 aromatic carbocycles. The molecule has 0 radical (unpaired) electrons. The SMILES string of the molecule is O=[N+]([O-])c1cc(C(F)(F)F)cc([N+](=O)[O-])c1NCC1COc2ccccc2O1. The number of para-hydroxylation sites is 2. The maximum absolute atomic E-state index is 12.9. The zero-order chi connectivity index (χ0) is 20.5. The normalized spacial score (nSPS) is 15.8. The van der Waals surface area contributed by atoms with Gasteiger partial charge in [0.25, 0.3) is 11.4 Å². The van der Waals surface area contributed by atoms with Crippen molar-refractivity contribution >= 4 is 17.1 Å². The Labute approximate surface area is 155 Å². The first-order valence-corrected chi connectivity index (χ1v) is 7.83. The lowest BCUT2D eigenvalue weighted by atomic mass is 10.1. The monoisotopic (exact) mass is 399 g/mol. The van der Waals surface area contributed by atoms with E-state index in [-0.39, 0.29) is 25.3 Å². The molecule has 1 unspecified atom stereocenters. The van der Waals surface area contributed by atoms with Gasteiger partial charge in [-0.2, -0.15) is 13.2 Å². The van der Waals surface area contributed by atoms with Gasteiger partial charge in [0.2, 0.25) is 0 Å².